The summed E-state index contributed by atoms with van der Waals surface area (Å²) in [6.07, 6.45) is 3.28. The van der Waals surface area contributed by atoms with Gasteiger partial charge in [0, 0.05) is 38.6 Å². The van der Waals surface area contributed by atoms with Gasteiger partial charge in [0.2, 0.25) is 5.91 Å². The zero-order valence-corrected chi connectivity index (χ0v) is 14.2. The summed E-state index contributed by atoms with van der Waals surface area (Å²) in [4.78, 5) is 17.2. The maximum absolute atomic E-state index is 13.1. The molecule has 3 nitrogen and oxygen atoms in total. The molecule has 4 heteroatoms. The first-order chi connectivity index (χ1) is 11.0. The lowest BCUT2D eigenvalue weighted by Gasteiger charge is -2.35. The summed E-state index contributed by atoms with van der Waals surface area (Å²) < 4.78 is 13.1. The Morgan fingerprint density at radius 3 is 2.52 bits per heavy atom. The molecule has 1 aromatic rings. The Morgan fingerprint density at radius 1 is 1.22 bits per heavy atom. The zero-order chi connectivity index (χ0) is 16.4. The lowest BCUT2D eigenvalue weighted by atomic mass is 10.0. The molecular formula is C19H27FN2O. The molecule has 1 aliphatic heterocycles. The molecule has 0 bridgehead atoms. The fourth-order valence-electron chi connectivity index (χ4n) is 3.43. The topological polar surface area (TPSA) is 23.6 Å². The molecule has 23 heavy (non-hydrogen) atoms. The van der Waals surface area contributed by atoms with Gasteiger partial charge in [0.15, 0.2) is 0 Å². The largest absolute Gasteiger partial charge is 0.334 e. The molecule has 2 aliphatic rings. The van der Waals surface area contributed by atoms with Crippen molar-refractivity contribution < 1.29 is 9.18 Å². The van der Waals surface area contributed by atoms with Gasteiger partial charge < -0.3 is 9.80 Å². The molecule has 1 atom stereocenters. The van der Waals surface area contributed by atoms with Gasteiger partial charge >= 0.3 is 0 Å². The van der Waals surface area contributed by atoms with E-state index in [0.717, 1.165) is 31.1 Å². The normalized spacial score (nSPS) is 23.4. The van der Waals surface area contributed by atoms with Crippen molar-refractivity contribution in [3.8, 4) is 0 Å². The monoisotopic (exact) mass is 318 g/mol. The molecule has 0 N–H and O–H groups in total. The number of halogens is 1. The van der Waals surface area contributed by atoms with E-state index in [1.165, 1.54) is 25.0 Å². The molecule has 0 radical (unpaired) electrons. The van der Waals surface area contributed by atoms with Crippen molar-refractivity contribution >= 4 is 5.91 Å². The molecule has 1 aromatic carbocycles. The van der Waals surface area contributed by atoms with Crippen LogP contribution in [0.3, 0.4) is 0 Å². The van der Waals surface area contributed by atoms with Gasteiger partial charge in [0.05, 0.1) is 0 Å². The van der Waals surface area contributed by atoms with Crippen LogP contribution in [0.4, 0.5) is 4.39 Å². The van der Waals surface area contributed by atoms with Crippen molar-refractivity contribution in [3.05, 3.63) is 35.6 Å². The third kappa shape index (κ3) is 4.31. The number of hydrogen-bond donors (Lipinski definition) is 0. The predicted octanol–water partition coefficient (Wildman–Crippen LogP) is 3.29. The summed E-state index contributed by atoms with van der Waals surface area (Å²) in [5.41, 5.74) is 1.00. The molecule has 2 fully saturated rings. The Morgan fingerprint density at radius 2 is 1.91 bits per heavy atom. The Balaban J connectivity index is 1.74. The van der Waals surface area contributed by atoms with Crippen molar-refractivity contribution in [2.45, 2.75) is 45.7 Å². The lowest BCUT2D eigenvalue weighted by Crippen LogP contribution is -2.46. The van der Waals surface area contributed by atoms with Gasteiger partial charge in [0.25, 0.3) is 0 Å². The van der Waals surface area contributed by atoms with Gasteiger partial charge in [-0.3, -0.25) is 4.79 Å². The van der Waals surface area contributed by atoms with E-state index >= 15 is 0 Å². The van der Waals surface area contributed by atoms with Crippen molar-refractivity contribution in [1.82, 2.24) is 9.80 Å². The molecule has 1 unspecified atom stereocenters. The number of amides is 1. The molecule has 3 rings (SSSR count). The maximum atomic E-state index is 13.1. The molecule has 1 saturated carbocycles. The lowest BCUT2D eigenvalue weighted by molar-refractivity contribution is -0.134. The van der Waals surface area contributed by atoms with Crippen molar-refractivity contribution in [3.63, 3.8) is 0 Å². The highest BCUT2D eigenvalue weighted by Crippen LogP contribution is 2.31. The summed E-state index contributed by atoms with van der Waals surface area (Å²) in [5, 5.41) is 0. The molecule has 0 aromatic heterocycles. The first-order valence-corrected chi connectivity index (χ1v) is 8.79. The van der Waals surface area contributed by atoms with E-state index < -0.39 is 0 Å². The number of hydrogen-bond acceptors (Lipinski definition) is 2. The summed E-state index contributed by atoms with van der Waals surface area (Å²) in [7, 11) is 0. The SMILES string of the molecule is CC(C)C1CN(CC2CC2)CCC(=O)N1Cc1ccc(F)cc1. The summed E-state index contributed by atoms with van der Waals surface area (Å²) in [6, 6.07) is 6.75. The van der Waals surface area contributed by atoms with E-state index in [1.54, 1.807) is 12.1 Å². The average molecular weight is 318 g/mol. The van der Waals surface area contributed by atoms with Crippen molar-refractivity contribution in [2.24, 2.45) is 11.8 Å². The van der Waals surface area contributed by atoms with Crippen molar-refractivity contribution in [1.29, 1.82) is 0 Å². The van der Waals surface area contributed by atoms with Crippen LogP contribution in [0, 0.1) is 17.7 Å². The number of benzene rings is 1. The first kappa shape index (κ1) is 16.4. The predicted molar refractivity (Wildman–Crippen MR) is 89.4 cm³/mol. The smallest absolute Gasteiger partial charge is 0.224 e. The molecule has 0 spiro atoms. The molecule has 1 heterocycles. The molecule has 126 valence electrons. The van der Waals surface area contributed by atoms with Gasteiger partial charge in [-0.1, -0.05) is 26.0 Å². The Kier molecular flexibility index (Phi) is 5.00. The first-order valence-electron chi connectivity index (χ1n) is 8.79. The van der Waals surface area contributed by atoms with Crippen LogP contribution < -0.4 is 0 Å². The van der Waals surface area contributed by atoms with Gasteiger partial charge in [-0.25, -0.2) is 4.39 Å². The van der Waals surface area contributed by atoms with Gasteiger partial charge in [-0.2, -0.15) is 0 Å². The maximum Gasteiger partial charge on any atom is 0.224 e. The molecule has 1 saturated heterocycles. The number of rotatable bonds is 5. The van der Waals surface area contributed by atoms with Crippen LogP contribution in [0.2, 0.25) is 0 Å². The quantitative estimate of drug-likeness (QED) is 0.832. The minimum absolute atomic E-state index is 0.228. The highest BCUT2D eigenvalue weighted by molar-refractivity contribution is 5.77. The van der Waals surface area contributed by atoms with Gasteiger partial charge in [-0.05, 0) is 42.4 Å². The second kappa shape index (κ2) is 7.00. The second-order valence-electron chi connectivity index (χ2n) is 7.41. The van der Waals surface area contributed by atoms with Crippen LogP contribution >= 0.6 is 0 Å². The van der Waals surface area contributed by atoms with E-state index in [9.17, 15) is 9.18 Å². The summed E-state index contributed by atoms with van der Waals surface area (Å²) >= 11 is 0. The minimum Gasteiger partial charge on any atom is -0.334 e. The van der Waals surface area contributed by atoms with E-state index in [-0.39, 0.29) is 17.8 Å². The van der Waals surface area contributed by atoms with E-state index in [1.807, 2.05) is 4.90 Å². The number of carbonyl (C=O) groups excluding carboxylic acids is 1. The second-order valence-corrected chi connectivity index (χ2v) is 7.41. The van der Waals surface area contributed by atoms with Gasteiger partial charge in [-0.15, -0.1) is 0 Å². The summed E-state index contributed by atoms with van der Waals surface area (Å²) in [6.45, 7) is 7.94. The fraction of sp³-hybridized carbons (Fsp3) is 0.632. The van der Waals surface area contributed by atoms with Gasteiger partial charge in [0.1, 0.15) is 5.82 Å². The number of carbonyl (C=O) groups is 1. The summed E-state index contributed by atoms with van der Waals surface area (Å²) in [5.74, 6) is 1.26. The van der Waals surface area contributed by atoms with Crippen LogP contribution in [0.15, 0.2) is 24.3 Å². The Bertz CT molecular complexity index is 539. The minimum atomic E-state index is -0.230. The number of nitrogens with zero attached hydrogens (tertiary/aromatic N) is 2. The average Bonchev–Trinajstić information content (AvgIpc) is 3.33. The van der Waals surface area contributed by atoms with Crippen LogP contribution in [-0.4, -0.2) is 41.4 Å². The van der Waals surface area contributed by atoms with E-state index in [0.29, 0.717) is 18.9 Å². The highest BCUT2D eigenvalue weighted by Gasteiger charge is 2.33. The van der Waals surface area contributed by atoms with Crippen LogP contribution in [0.1, 0.15) is 38.7 Å². The fourth-order valence-corrected chi connectivity index (χ4v) is 3.43. The third-order valence-electron chi connectivity index (χ3n) is 5.06. The molecule has 1 aliphatic carbocycles. The molecular weight excluding hydrogens is 291 g/mol. The third-order valence-corrected chi connectivity index (χ3v) is 5.06. The van der Waals surface area contributed by atoms with Crippen LogP contribution in [0.25, 0.3) is 0 Å². The van der Waals surface area contributed by atoms with Crippen molar-refractivity contribution in [2.75, 3.05) is 19.6 Å². The highest BCUT2D eigenvalue weighted by atomic mass is 19.1. The molecule has 1 amide bonds. The van der Waals surface area contributed by atoms with E-state index in [4.69, 9.17) is 0 Å². The Labute approximate surface area is 138 Å². The van der Waals surface area contributed by atoms with Crippen LogP contribution in [0.5, 0.6) is 0 Å². The zero-order valence-electron chi connectivity index (χ0n) is 14.2. The standard InChI is InChI=1S/C19H27FN2O/c1-14(2)18-13-21(11-15-3-4-15)10-9-19(23)22(18)12-16-5-7-17(20)8-6-16/h5-8,14-15,18H,3-4,9-13H2,1-2H3. The van der Waals surface area contributed by atoms with E-state index in [2.05, 4.69) is 18.7 Å². The Hall–Kier alpha value is -1.42. The van der Waals surface area contributed by atoms with Crippen LogP contribution in [-0.2, 0) is 11.3 Å².